The number of allylic oxidation sites excluding steroid dienone is 1. The van der Waals surface area contributed by atoms with Gasteiger partial charge in [0.15, 0.2) is 0 Å². The number of hydrogen-bond donors (Lipinski definition) is 0. The van der Waals surface area contributed by atoms with E-state index in [2.05, 4.69) is 40.6 Å². The molecule has 0 bridgehead atoms. The predicted molar refractivity (Wildman–Crippen MR) is 66.5 cm³/mol. The molecule has 0 aromatic heterocycles. The summed E-state index contributed by atoms with van der Waals surface area (Å²) in [6.07, 6.45) is 4.89. The number of rotatable bonds is 7. The van der Waals surface area contributed by atoms with E-state index in [0.717, 1.165) is 12.0 Å². The standard InChI is InChI=1S/C14H26O/c1-6-7-8-9-13(11(2)3)14(10-15)12(4)5/h11-13H,6-9H2,1-5H3. The Balaban J connectivity index is 4.44. The zero-order valence-corrected chi connectivity index (χ0v) is 11.0. The molecule has 1 unspecified atom stereocenters. The van der Waals surface area contributed by atoms with Gasteiger partial charge in [-0.15, -0.1) is 0 Å². The van der Waals surface area contributed by atoms with Crippen molar-refractivity contribution in [3.05, 3.63) is 5.57 Å². The van der Waals surface area contributed by atoms with Crippen molar-refractivity contribution in [2.75, 3.05) is 0 Å². The lowest BCUT2D eigenvalue weighted by molar-refractivity contribution is 0.374. The van der Waals surface area contributed by atoms with Crippen LogP contribution in [0.4, 0.5) is 0 Å². The Kier molecular flexibility index (Phi) is 7.42. The van der Waals surface area contributed by atoms with Crippen molar-refractivity contribution in [3.63, 3.8) is 0 Å². The summed E-state index contributed by atoms with van der Waals surface area (Å²) in [5.41, 5.74) is 0.987. The van der Waals surface area contributed by atoms with Crippen molar-refractivity contribution in [2.45, 2.75) is 60.3 Å². The van der Waals surface area contributed by atoms with Crippen LogP contribution in [0.15, 0.2) is 5.57 Å². The van der Waals surface area contributed by atoms with E-state index in [0.29, 0.717) is 17.8 Å². The average molecular weight is 210 g/mol. The molecule has 0 aliphatic rings. The number of carbonyl (C=O) groups excluding carboxylic acids is 1. The molecule has 0 heterocycles. The summed E-state index contributed by atoms with van der Waals surface area (Å²) >= 11 is 0. The first kappa shape index (κ1) is 14.5. The maximum Gasteiger partial charge on any atom is 0.124 e. The van der Waals surface area contributed by atoms with Crippen LogP contribution >= 0.6 is 0 Å². The van der Waals surface area contributed by atoms with Gasteiger partial charge in [0.1, 0.15) is 5.94 Å². The van der Waals surface area contributed by atoms with Gasteiger partial charge in [-0.3, -0.25) is 0 Å². The molecule has 0 fully saturated rings. The molecule has 0 aromatic carbocycles. The minimum atomic E-state index is 0.344. The Bertz CT molecular complexity index is 209. The molecule has 0 aliphatic carbocycles. The third kappa shape index (κ3) is 5.18. The fourth-order valence-electron chi connectivity index (χ4n) is 2.08. The van der Waals surface area contributed by atoms with E-state index < -0.39 is 0 Å². The van der Waals surface area contributed by atoms with E-state index in [1.165, 1.54) is 19.3 Å². The van der Waals surface area contributed by atoms with E-state index in [1.54, 1.807) is 0 Å². The predicted octanol–water partition coefficient (Wildman–Crippen LogP) is 4.25. The second-order valence-electron chi connectivity index (χ2n) is 5.06. The molecule has 0 N–H and O–H groups in total. The molecule has 0 aromatic rings. The maximum absolute atomic E-state index is 11.0. The molecule has 15 heavy (non-hydrogen) atoms. The largest absolute Gasteiger partial charge is 0.234 e. The van der Waals surface area contributed by atoms with Crippen LogP contribution in [0.2, 0.25) is 0 Å². The van der Waals surface area contributed by atoms with Crippen molar-refractivity contribution in [2.24, 2.45) is 17.8 Å². The van der Waals surface area contributed by atoms with E-state index >= 15 is 0 Å². The normalized spacial score (nSPS) is 13.0. The highest BCUT2D eigenvalue weighted by molar-refractivity contribution is 5.54. The molecule has 0 spiro atoms. The Morgan fingerprint density at radius 1 is 1.13 bits per heavy atom. The van der Waals surface area contributed by atoms with E-state index in [9.17, 15) is 4.79 Å². The molecule has 88 valence electrons. The lowest BCUT2D eigenvalue weighted by atomic mass is 9.80. The zero-order chi connectivity index (χ0) is 11.8. The van der Waals surface area contributed by atoms with Gasteiger partial charge in [0, 0.05) is 5.57 Å². The van der Waals surface area contributed by atoms with E-state index in [4.69, 9.17) is 0 Å². The molecule has 0 radical (unpaired) electrons. The SMILES string of the molecule is CCCCCC(C(=C=O)C(C)C)C(C)C. The van der Waals surface area contributed by atoms with Gasteiger partial charge in [0.2, 0.25) is 0 Å². The topological polar surface area (TPSA) is 17.1 Å². The molecule has 0 saturated carbocycles. The Hall–Kier alpha value is -0.550. The van der Waals surface area contributed by atoms with E-state index in [-0.39, 0.29) is 0 Å². The summed E-state index contributed by atoms with van der Waals surface area (Å²) in [6, 6.07) is 0. The van der Waals surface area contributed by atoms with Crippen molar-refractivity contribution in [3.8, 4) is 0 Å². The van der Waals surface area contributed by atoms with Gasteiger partial charge < -0.3 is 0 Å². The molecular weight excluding hydrogens is 184 g/mol. The molecule has 0 amide bonds. The first-order valence-electron chi connectivity index (χ1n) is 6.29. The van der Waals surface area contributed by atoms with Crippen LogP contribution in [0, 0.1) is 17.8 Å². The van der Waals surface area contributed by atoms with Crippen LogP contribution < -0.4 is 0 Å². The van der Waals surface area contributed by atoms with Gasteiger partial charge in [0.05, 0.1) is 0 Å². The molecule has 1 heteroatoms. The van der Waals surface area contributed by atoms with Crippen molar-refractivity contribution in [1.29, 1.82) is 0 Å². The smallest absolute Gasteiger partial charge is 0.124 e. The third-order valence-corrected chi connectivity index (χ3v) is 3.06. The lowest BCUT2D eigenvalue weighted by Gasteiger charge is -2.23. The lowest BCUT2D eigenvalue weighted by Crippen LogP contribution is -2.16. The molecular formula is C14H26O. The fourth-order valence-corrected chi connectivity index (χ4v) is 2.08. The average Bonchev–Trinajstić information content (AvgIpc) is 2.16. The van der Waals surface area contributed by atoms with Crippen molar-refractivity contribution < 1.29 is 4.79 Å². The Morgan fingerprint density at radius 3 is 2.07 bits per heavy atom. The fraction of sp³-hybridized carbons (Fsp3) is 0.857. The molecule has 0 rings (SSSR count). The van der Waals surface area contributed by atoms with Gasteiger partial charge >= 0.3 is 0 Å². The summed E-state index contributed by atoms with van der Waals surface area (Å²) in [4.78, 5) is 11.0. The van der Waals surface area contributed by atoms with Gasteiger partial charge in [0.25, 0.3) is 0 Å². The van der Waals surface area contributed by atoms with Crippen LogP contribution in [0.25, 0.3) is 0 Å². The Morgan fingerprint density at radius 2 is 1.73 bits per heavy atom. The van der Waals surface area contributed by atoms with Gasteiger partial charge in [-0.05, 0) is 24.2 Å². The second-order valence-corrected chi connectivity index (χ2v) is 5.06. The highest BCUT2D eigenvalue weighted by atomic mass is 16.1. The first-order chi connectivity index (χ1) is 7.04. The maximum atomic E-state index is 11.0. The Labute approximate surface area is 95.0 Å². The molecule has 0 aliphatic heterocycles. The number of unbranched alkanes of at least 4 members (excludes halogenated alkanes) is 2. The summed E-state index contributed by atoms with van der Waals surface area (Å²) in [6.45, 7) is 10.8. The van der Waals surface area contributed by atoms with Crippen molar-refractivity contribution in [1.82, 2.24) is 0 Å². The van der Waals surface area contributed by atoms with Crippen LogP contribution in [0.5, 0.6) is 0 Å². The van der Waals surface area contributed by atoms with Gasteiger partial charge in [-0.1, -0.05) is 53.9 Å². The monoisotopic (exact) mass is 210 g/mol. The summed E-state index contributed by atoms with van der Waals surface area (Å²) < 4.78 is 0. The minimum absolute atomic E-state index is 0.344. The molecule has 1 atom stereocenters. The highest BCUT2D eigenvalue weighted by Crippen LogP contribution is 2.29. The first-order valence-corrected chi connectivity index (χ1v) is 6.29. The summed E-state index contributed by atoms with van der Waals surface area (Å²) in [5, 5.41) is 0. The number of hydrogen-bond acceptors (Lipinski definition) is 1. The minimum Gasteiger partial charge on any atom is -0.234 e. The quantitative estimate of drug-likeness (QED) is 0.453. The highest BCUT2D eigenvalue weighted by Gasteiger charge is 2.21. The second kappa shape index (κ2) is 7.70. The van der Waals surface area contributed by atoms with Crippen LogP contribution in [0.1, 0.15) is 60.3 Å². The zero-order valence-electron chi connectivity index (χ0n) is 11.0. The van der Waals surface area contributed by atoms with Gasteiger partial charge in [-0.2, -0.15) is 0 Å². The third-order valence-electron chi connectivity index (χ3n) is 3.06. The van der Waals surface area contributed by atoms with Crippen molar-refractivity contribution >= 4 is 5.94 Å². The van der Waals surface area contributed by atoms with Crippen LogP contribution in [0.3, 0.4) is 0 Å². The summed E-state index contributed by atoms with van der Waals surface area (Å²) in [5.74, 6) is 3.52. The molecule has 1 nitrogen and oxygen atoms in total. The van der Waals surface area contributed by atoms with Crippen LogP contribution in [-0.2, 0) is 4.79 Å². The summed E-state index contributed by atoms with van der Waals surface area (Å²) in [7, 11) is 0. The molecule has 0 saturated heterocycles. The van der Waals surface area contributed by atoms with E-state index in [1.807, 2.05) is 0 Å². The van der Waals surface area contributed by atoms with Gasteiger partial charge in [-0.25, -0.2) is 4.79 Å². The van der Waals surface area contributed by atoms with Crippen LogP contribution in [-0.4, -0.2) is 5.94 Å².